The first kappa shape index (κ1) is 16.3. The van der Waals surface area contributed by atoms with Crippen LogP contribution in [0.1, 0.15) is 49.4 Å². The molecule has 0 aromatic heterocycles. The molecule has 126 valence electrons. The predicted octanol–water partition coefficient (Wildman–Crippen LogP) is 3.18. The fraction of sp³-hybridized carbons (Fsp3) is 0.632. The Morgan fingerprint density at radius 3 is 2.30 bits per heavy atom. The highest BCUT2D eigenvalue weighted by Gasteiger charge is 2.27. The van der Waals surface area contributed by atoms with Gasteiger partial charge in [0.15, 0.2) is 0 Å². The van der Waals surface area contributed by atoms with Crippen molar-refractivity contribution in [3.63, 3.8) is 0 Å². The van der Waals surface area contributed by atoms with Gasteiger partial charge in [0.2, 0.25) is 0 Å². The zero-order valence-corrected chi connectivity index (χ0v) is 14.2. The minimum absolute atomic E-state index is 0.149. The summed E-state index contributed by atoms with van der Waals surface area (Å²) >= 11 is 0. The lowest BCUT2D eigenvalue weighted by atomic mass is 9.94. The maximum Gasteiger partial charge on any atom is 0.253 e. The fourth-order valence-corrected chi connectivity index (χ4v) is 3.78. The summed E-state index contributed by atoms with van der Waals surface area (Å²) in [6, 6.07) is 8.28. The summed E-state index contributed by atoms with van der Waals surface area (Å²) in [5, 5.41) is 0. The lowest BCUT2D eigenvalue weighted by Gasteiger charge is -2.40. The highest BCUT2D eigenvalue weighted by Crippen LogP contribution is 2.24. The summed E-state index contributed by atoms with van der Waals surface area (Å²) < 4.78 is 5.44. The molecule has 1 aromatic carbocycles. The zero-order valence-electron chi connectivity index (χ0n) is 14.2. The van der Waals surface area contributed by atoms with E-state index in [1.54, 1.807) is 0 Å². The Kier molecular flexibility index (Phi) is 5.55. The van der Waals surface area contributed by atoms with Gasteiger partial charge in [0.05, 0.1) is 6.61 Å². The van der Waals surface area contributed by atoms with Gasteiger partial charge < -0.3 is 9.64 Å². The van der Waals surface area contributed by atoms with Crippen LogP contribution >= 0.6 is 0 Å². The predicted molar refractivity (Wildman–Crippen MR) is 92.0 cm³/mol. The van der Waals surface area contributed by atoms with Crippen molar-refractivity contribution >= 4 is 5.91 Å². The van der Waals surface area contributed by atoms with Crippen LogP contribution in [0.5, 0.6) is 5.75 Å². The lowest BCUT2D eigenvalue weighted by Crippen LogP contribution is -2.52. The van der Waals surface area contributed by atoms with Crippen LogP contribution in [0, 0.1) is 0 Å². The Morgan fingerprint density at radius 1 is 1.04 bits per heavy atom. The van der Waals surface area contributed by atoms with Crippen LogP contribution in [0.25, 0.3) is 0 Å². The topological polar surface area (TPSA) is 32.8 Å². The number of amides is 1. The quantitative estimate of drug-likeness (QED) is 0.855. The monoisotopic (exact) mass is 316 g/mol. The number of carbonyl (C=O) groups excluding carboxylic acids is 1. The normalized spacial score (nSPS) is 20.5. The molecule has 1 aromatic rings. The minimum atomic E-state index is 0.149. The third-order valence-electron chi connectivity index (χ3n) is 5.10. The summed E-state index contributed by atoms with van der Waals surface area (Å²) in [4.78, 5) is 17.2. The number of carbonyl (C=O) groups is 1. The van der Waals surface area contributed by atoms with E-state index in [0.29, 0.717) is 6.61 Å². The zero-order chi connectivity index (χ0) is 16.1. The molecule has 0 unspecified atom stereocenters. The first-order valence-electron chi connectivity index (χ1n) is 9.04. The van der Waals surface area contributed by atoms with Crippen LogP contribution in [0.15, 0.2) is 24.3 Å². The molecular weight excluding hydrogens is 288 g/mol. The Balaban J connectivity index is 1.53. The second-order valence-electron chi connectivity index (χ2n) is 6.58. The molecule has 2 fully saturated rings. The maximum atomic E-state index is 12.6. The van der Waals surface area contributed by atoms with E-state index in [9.17, 15) is 4.79 Å². The number of nitrogens with zero attached hydrogens (tertiary/aromatic N) is 2. The molecule has 1 aliphatic carbocycles. The van der Waals surface area contributed by atoms with Gasteiger partial charge in [-0.1, -0.05) is 19.3 Å². The second kappa shape index (κ2) is 7.82. The average Bonchev–Trinajstić information content (AvgIpc) is 2.63. The molecule has 0 bridgehead atoms. The van der Waals surface area contributed by atoms with Gasteiger partial charge in [-0.25, -0.2) is 0 Å². The summed E-state index contributed by atoms with van der Waals surface area (Å²) in [5.41, 5.74) is 0.763. The van der Waals surface area contributed by atoms with Gasteiger partial charge in [0.25, 0.3) is 5.91 Å². The molecule has 0 radical (unpaired) electrons. The number of hydrogen-bond donors (Lipinski definition) is 0. The molecule has 0 atom stereocenters. The highest BCUT2D eigenvalue weighted by atomic mass is 16.5. The van der Waals surface area contributed by atoms with E-state index in [-0.39, 0.29) is 5.91 Å². The van der Waals surface area contributed by atoms with Gasteiger partial charge in [-0.3, -0.25) is 9.69 Å². The molecule has 3 rings (SSSR count). The third-order valence-corrected chi connectivity index (χ3v) is 5.10. The van der Waals surface area contributed by atoms with Crippen LogP contribution in [0.4, 0.5) is 0 Å². The van der Waals surface area contributed by atoms with Crippen LogP contribution in [-0.2, 0) is 0 Å². The number of piperazine rings is 1. The highest BCUT2D eigenvalue weighted by molar-refractivity contribution is 5.94. The standard InChI is InChI=1S/C19H28N2O2/c1-2-23-18-10-8-16(9-11-18)19(22)21-14-12-20(13-15-21)17-6-4-3-5-7-17/h8-11,17H,2-7,12-15H2,1H3. The molecule has 4 heteroatoms. The average molecular weight is 316 g/mol. The fourth-order valence-electron chi connectivity index (χ4n) is 3.78. The van der Waals surface area contributed by atoms with Crippen molar-refractivity contribution in [2.75, 3.05) is 32.8 Å². The van der Waals surface area contributed by atoms with Gasteiger partial charge in [-0.05, 0) is 44.0 Å². The molecule has 1 amide bonds. The molecule has 1 aliphatic heterocycles. The van der Waals surface area contributed by atoms with Crippen molar-refractivity contribution in [3.8, 4) is 5.75 Å². The van der Waals surface area contributed by atoms with Crippen molar-refractivity contribution in [1.82, 2.24) is 9.80 Å². The Labute approximate surface area is 139 Å². The van der Waals surface area contributed by atoms with Gasteiger partial charge in [-0.2, -0.15) is 0 Å². The minimum Gasteiger partial charge on any atom is -0.494 e. The Morgan fingerprint density at radius 2 is 1.70 bits per heavy atom. The largest absolute Gasteiger partial charge is 0.494 e. The SMILES string of the molecule is CCOc1ccc(C(=O)N2CCN(C3CCCCC3)CC2)cc1. The lowest BCUT2D eigenvalue weighted by molar-refractivity contribution is 0.0523. The maximum absolute atomic E-state index is 12.6. The van der Waals surface area contributed by atoms with Crippen molar-refractivity contribution in [2.24, 2.45) is 0 Å². The summed E-state index contributed by atoms with van der Waals surface area (Å²) in [6.45, 7) is 6.35. The Hall–Kier alpha value is -1.55. The van der Waals surface area contributed by atoms with Crippen LogP contribution in [0.3, 0.4) is 0 Å². The smallest absolute Gasteiger partial charge is 0.253 e. The van der Waals surface area contributed by atoms with Crippen LogP contribution in [0.2, 0.25) is 0 Å². The van der Waals surface area contributed by atoms with Crippen molar-refractivity contribution in [2.45, 2.75) is 45.1 Å². The molecule has 2 aliphatic rings. The summed E-state index contributed by atoms with van der Waals surface area (Å²) in [7, 11) is 0. The Bertz CT molecular complexity index is 501. The van der Waals surface area contributed by atoms with E-state index in [1.165, 1.54) is 32.1 Å². The molecule has 0 spiro atoms. The van der Waals surface area contributed by atoms with Gasteiger partial charge in [-0.15, -0.1) is 0 Å². The number of hydrogen-bond acceptors (Lipinski definition) is 3. The van der Waals surface area contributed by atoms with Crippen LogP contribution < -0.4 is 4.74 Å². The molecule has 0 N–H and O–H groups in total. The van der Waals surface area contributed by atoms with E-state index < -0.39 is 0 Å². The third kappa shape index (κ3) is 4.05. The first-order valence-corrected chi connectivity index (χ1v) is 9.04. The van der Waals surface area contributed by atoms with E-state index >= 15 is 0 Å². The number of ether oxygens (including phenoxy) is 1. The van der Waals surface area contributed by atoms with E-state index in [0.717, 1.165) is 43.5 Å². The van der Waals surface area contributed by atoms with Crippen LogP contribution in [-0.4, -0.2) is 54.5 Å². The van der Waals surface area contributed by atoms with E-state index in [4.69, 9.17) is 4.74 Å². The molecule has 23 heavy (non-hydrogen) atoms. The molecule has 1 saturated carbocycles. The summed E-state index contributed by atoms with van der Waals surface area (Å²) in [5.74, 6) is 0.975. The molecule has 4 nitrogen and oxygen atoms in total. The van der Waals surface area contributed by atoms with Crippen molar-refractivity contribution in [1.29, 1.82) is 0 Å². The molecule has 1 heterocycles. The summed E-state index contributed by atoms with van der Waals surface area (Å²) in [6.07, 6.45) is 6.82. The number of benzene rings is 1. The first-order chi connectivity index (χ1) is 11.3. The molecule has 1 saturated heterocycles. The second-order valence-corrected chi connectivity index (χ2v) is 6.58. The van der Waals surface area contributed by atoms with E-state index in [2.05, 4.69) is 4.90 Å². The van der Waals surface area contributed by atoms with Gasteiger partial charge in [0, 0.05) is 37.8 Å². The van der Waals surface area contributed by atoms with E-state index in [1.807, 2.05) is 36.1 Å². The van der Waals surface area contributed by atoms with Crippen molar-refractivity contribution < 1.29 is 9.53 Å². The molecular formula is C19H28N2O2. The van der Waals surface area contributed by atoms with Crippen molar-refractivity contribution in [3.05, 3.63) is 29.8 Å². The van der Waals surface area contributed by atoms with Gasteiger partial charge >= 0.3 is 0 Å². The number of rotatable bonds is 4. The van der Waals surface area contributed by atoms with Gasteiger partial charge in [0.1, 0.15) is 5.75 Å².